The van der Waals surface area contributed by atoms with Gasteiger partial charge in [0.2, 0.25) is 5.91 Å². The molecule has 1 aromatic heterocycles. The lowest BCUT2D eigenvalue weighted by molar-refractivity contribution is -0.385. The van der Waals surface area contributed by atoms with E-state index in [0.717, 1.165) is 0 Å². The van der Waals surface area contributed by atoms with Crippen molar-refractivity contribution in [1.82, 2.24) is 15.1 Å². The molecule has 0 aliphatic rings. The Morgan fingerprint density at radius 3 is 2.89 bits per heavy atom. The third-order valence-electron chi connectivity index (χ3n) is 2.69. The molecular weight excluding hydrogens is 252 g/mol. The summed E-state index contributed by atoms with van der Waals surface area (Å²) in [5.74, 6) is -0.228. The van der Waals surface area contributed by atoms with Crippen LogP contribution in [0.1, 0.15) is 25.1 Å². The van der Waals surface area contributed by atoms with Crippen LogP contribution in [0.2, 0.25) is 0 Å². The highest BCUT2D eigenvalue weighted by Crippen LogP contribution is 2.18. The molecule has 1 amide bonds. The minimum atomic E-state index is -0.588. The summed E-state index contributed by atoms with van der Waals surface area (Å²) in [6.07, 6.45) is 1.99. The van der Waals surface area contributed by atoms with Gasteiger partial charge in [0.05, 0.1) is 4.92 Å². The first kappa shape index (κ1) is 15.1. The molecule has 1 aromatic rings. The van der Waals surface area contributed by atoms with Gasteiger partial charge in [-0.15, -0.1) is 0 Å². The molecule has 0 spiro atoms. The van der Waals surface area contributed by atoms with Crippen LogP contribution in [0.3, 0.4) is 0 Å². The van der Waals surface area contributed by atoms with E-state index in [2.05, 4.69) is 10.4 Å². The second-order valence-electron chi connectivity index (χ2n) is 4.15. The van der Waals surface area contributed by atoms with Crippen molar-refractivity contribution in [1.29, 1.82) is 0 Å². The second-order valence-corrected chi connectivity index (χ2v) is 4.15. The largest absolute Gasteiger partial charge is 0.385 e. The minimum Gasteiger partial charge on any atom is -0.385 e. The average molecular weight is 270 g/mol. The van der Waals surface area contributed by atoms with Gasteiger partial charge in [0.15, 0.2) is 0 Å². The summed E-state index contributed by atoms with van der Waals surface area (Å²) in [6.45, 7) is 4.25. The Labute approximate surface area is 110 Å². The molecule has 1 atom stereocenters. The molecule has 0 saturated heterocycles. The normalized spacial score (nSPS) is 12.2. The SMILES string of the molecule is COCCCNC(=O)C(C)n1cc([N+](=O)[O-])c(C)n1. The molecule has 0 aliphatic carbocycles. The third kappa shape index (κ3) is 4.02. The third-order valence-corrected chi connectivity index (χ3v) is 2.69. The van der Waals surface area contributed by atoms with E-state index in [1.807, 2.05) is 0 Å². The zero-order chi connectivity index (χ0) is 14.4. The Kier molecular flexibility index (Phi) is 5.43. The van der Waals surface area contributed by atoms with E-state index in [4.69, 9.17) is 4.74 Å². The number of methoxy groups -OCH3 is 1. The summed E-state index contributed by atoms with van der Waals surface area (Å²) in [7, 11) is 1.59. The Balaban J connectivity index is 2.61. The van der Waals surface area contributed by atoms with Crippen molar-refractivity contribution in [2.75, 3.05) is 20.3 Å². The van der Waals surface area contributed by atoms with Gasteiger partial charge < -0.3 is 10.1 Å². The lowest BCUT2D eigenvalue weighted by Gasteiger charge is -2.12. The molecule has 0 aliphatic heterocycles. The molecule has 1 heterocycles. The first-order valence-electron chi connectivity index (χ1n) is 5.94. The number of hydrogen-bond donors (Lipinski definition) is 1. The monoisotopic (exact) mass is 270 g/mol. The summed E-state index contributed by atoms with van der Waals surface area (Å²) >= 11 is 0. The summed E-state index contributed by atoms with van der Waals surface area (Å²) in [4.78, 5) is 22.0. The van der Waals surface area contributed by atoms with Crippen LogP contribution in [0.15, 0.2) is 6.20 Å². The highest BCUT2D eigenvalue weighted by Gasteiger charge is 2.21. The van der Waals surface area contributed by atoms with Crippen LogP contribution in [0.5, 0.6) is 0 Å². The highest BCUT2D eigenvalue weighted by atomic mass is 16.6. The molecule has 1 N–H and O–H groups in total. The van der Waals surface area contributed by atoms with Crippen molar-refractivity contribution in [3.05, 3.63) is 22.0 Å². The van der Waals surface area contributed by atoms with Gasteiger partial charge in [-0.2, -0.15) is 5.10 Å². The molecule has 0 bridgehead atoms. The number of nitrogens with one attached hydrogen (secondary N) is 1. The lowest BCUT2D eigenvalue weighted by Crippen LogP contribution is -2.32. The zero-order valence-corrected chi connectivity index (χ0v) is 11.3. The van der Waals surface area contributed by atoms with Gasteiger partial charge in [-0.1, -0.05) is 0 Å². The van der Waals surface area contributed by atoms with Crippen molar-refractivity contribution >= 4 is 11.6 Å². The Morgan fingerprint density at radius 1 is 1.68 bits per heavy atom. The van der Waals surface area contributed by atoms with Gasteiger partial charge in [-0.25, -0.2) is 0 Å². The van der Waals surface area contributed by atoms with E-state index >= 15 is 0 Å². The average Bonchev–Trinajstić information content (AvgIpc) is 2.75. The van der Waals surface area contributed by atoms with Crippen LogP contribution in [0, 0.1) is 17.0 Å². The van der Waals surface area contributed by atoms with Gasteiger partial charge in [0.25, 0.3) is 0 Å². The molecule has 0 radical (unpaired) electrons. The van der Waals surface area contributed by atoms with Crippen LogP contribution in [-0.4, -0.2) is 40.9 Å². The molecule has 106 valence electrons. The fourth-order valence-corrected chi connectivity index (χ4v) is 1.55. The quantitative estimate of drug-likeness (QED) is 0.449. The van der Waals surface area contributed by atoms with Gasteiger partial charge in [0, 0.05) is 20.3 Å². The summed E-state index contributed by atoms with van der Waals surface area (Å²) in [5, 5.41) is 17.4. The maximum absolute atomic E-state index is 11.8. The van der Waals surface area contributed by atoms with E-state index in [0.29, 0.717) is 25.3 Å². The van der Waals surface area contributed by atoms with Gasteiger partial charge in [-0.3, -0.25) is 19.6 Å². The molecule has 19 heavy (non-hydrogen) atoms. The first-order valence-corrected chi connectivity index (χ1v) is 5.94. The van der Waals surface area contributed by atoms with Crippen LogP contribution in [0.25, 0.3) is 0 Å². The van der Waals surface area contributed by atoms with Crippen LogP contribution < -0.4 is 5.32 Å². The topological polar surface area (TPSA) is 99.3 Å². The number of ether oxygens (including phenoxy) is 1. The first-order chi connectivity index (χ1) is 8.97. The van der Waals surface area contributed by atoms with Crippen LogP contribution >= 0.6 is 0 Å². The predicted octanol–water partition coefficient (Wildman–Crippen LogP) is 0.813. The van der Waals surface area contributed by atoms with Crippen molar-refractivity contribution in [3.63, 3.8) is 0 Å². The Morgan fingerprint density at radius 2 is 2.37 bits per heavy atom. The summed E-state index contributed by atoms with van der Waals surface area (Å²) in [5.41, 5.74) is 0.211. The van der Waals surface area contributed by atoms with Crippen LogP contribution in [0.4, 0.5) is 5.69 Å². The summed E-state index contributed by atoms with van der Waals surface area (Å²) in [6, 6.07) is -0.588. The number of nitro groups is 1. The fraction of sp³-hybridized carbons (Fsp3) is 0.636. The van der Waals surface area contributed by atoms with E-state index < -0.39 is 11.0 Å². The summed E-state index contributed by atoms with van der Waals surface area (Å²) < 4.78 is 6.18. The fourth-order valence-electron chi connectivity index (χ4n) is 1.55. The number of carbonyl (C=O) groups excluding carboxylic acids is 1. The van der Waals surface area contributed by atoms with Gasteiger partial charge in [-0.05, 0) is 20.3 Å². The predicted molar refractivity (Wildman–Crippen MR) is 67.8 cm³/mol. The number of amides is 1. The number of hydrogen-bond acceptors (Lipinski definition) is 5. The van der Waals surface area contributed by atoms with Crippen molar-refractivity contribution in [2.45, 2.75) is 26.3 Å². The maximum atomic E-state index is 11.8. The van der Waals surface area contributed by atoms with Crippen molar-refractivity contribution in [2.24, 2.45) is 0 Å². The van der Waals surface area contributed by atoms with Gasteiger partial charge >= 0.3 is 5.69 Å². The van der Waals surface area contributed by atoms with Crippen molar-refractivity contribution in [3.8, 4) is 0 Å². The molecule has 0 saturated carbocycles. The van der Waals surface area contributed by atoms with E-state index in [1.165, 1.54) is 17.8 Å². The van der Waals surface area contributed by atoms with Crippen molar-refractivity contribution < 1.29 is 14.5 Å². The number of nitrogens with zero attached hydrogens (tertiary/aromatic N) is 3. The van der Waals surface area contributed by atoms with E-state index in [9.17, 15) is 14.9 Å². The van der Waals surface area contributed by atoms with E-state index in [-0.39, 0.29) is 11.6 Å². The molecule has 8 heteroatoms. The maximum Gasteiger partial charge on any atom is 0.309 e. The molecule has 1 rings (SSSR count). The molecule has 0 aromatic carbocycles. The number of carbonyl (C=O) groups is 1. The highest BCUT2D eigenvalue weighted by molar-refractivity contribution is 5.79. The molecular formula is C11H18N4O4. The lowest BCUT2D eigenvalue weighted by atomic mass is 10.3. The number of rotatable bonds is 7. The second kappa shape index (κ2) is 6.83. The Hall–Kier alpha value is -1.96. The minimum absolute atomic E-state index is 0.0842. The van der Waals surface area contributed by atoms with Gasteiger partial charge in [0.1, 0.15) is 17.9 Å². The molecule has 1 unspecified atom stereocenters. The Bertz CT molecular complexity index is 458. The zero-order valence-electron chi connectivity index (χ0n) is 11.3. The molecule has 8 nitrogen and oxygen atoms in total. The molecule has 0 fully saturated rings. The number of aromatic nitrogens is 2. The number of aryl methyl sites for hydroxylation is 1. The van der Waals surface area contributed by atoms with Crippen LogP contribution in [-0.2, 0) is 9.53 Å². The standard InChI is InChI=1S/C11H18N4O4/c1-8-10(15(17)18)7-14(13-8)9(2)11(16)12-5-4-6-19-3/h7,9H,4-6H2,1-3H3,(H,12,16). The van der Waals surface area contributed by atoms with E-state index in [1.54, 1.807) is 14.0 Å². The smallest absolute Gasteiger partial charge is 0.309 e.